The predicted molar refractivity (Wildman–Crippen MR) is 123 cm³/mol. The van der Waals surface area contributed by atoms with Gasteiger partial charge in [0.25, 0.3) is 0 Å². The Morgan fingerprint density at radius 1 is 1.10 bits per heavy atom. The van der Waals surface area contributed by atoms with Gasteiger partial charge in [-0.1, -0.05) is 6.07 Å². The molecular formula is C20H31N3O5S3. The molecule has 1 atom stereocenters. The van der Waals surface area contributed by atoms with E-state index >= 15 is 0 Å². The number of sulfonamides is 2. The first-order valence-electron chi connectivity index (χ1n) is 10.6. The van der Waals surface area contributed by atoms with Crippen LogP contribution in [0.2, 0.25) is 0 Å². The average Bonchev–Trinajstić information content (AvgIpc) is 3.24. The van der Waals surface area contributed by atoms with E-state index in [0.29, 0.717) is 17.1 Å². The molecule has 1 unspecified atom stereocenters. The highest BCUT2D eigenvalue weighted by atomic mass is 32.2. The lowest BCUT2D eigenvalue weighted by atomic mass is 10.1. The average molecular weight is 490 g/mol. The molecule has 0 bridgehead atoms. The smallest absolute Gasteiger partial charge is 0.243 e. The third-order valence-electron chi connectivity index (χ3n) is 5.87. The van der Waals surface area contributed by atoms with E-state index < -0.39 is 26.1 Å². The van der Waals surface area contributed by atoms with Gasteiger partial charge in [0, 0.05) is 26.2 Å². The van der Waals surface area contributed by atoms with Crippen molar-refractivity contribution in [3.05, 3.63) is 29.3 Å². The van der Waals surface area contributed by atoms with Gasteiger partial charge >= 0.3 is 0 Å². The number of aryl methyl sites for hydroxylation is 2. The zero-order valence-corrected chi connectivity index (χ0v) is 20.5. The number of carbonyl (C=O) groups excluding carboxylic acids is 1. The third-order valence-corrected chi connectivity index (χ3v) is 9.81. The highest BCUT2D eigenvalue weighted by molar-refractivity contribution is 7.98. The van der Waals surface area contributed by atoms with Crippen LogP contribution in [-0.2, 0) is 37.7 Å². The molecule has 3 rings (SSSR count). The molecule has 1 aliphatic carbocycles. The summed E-state index contributed by atoms with van der Waals surface area (Å²) in [6, 6.07) is 4.55. The summed E-state index contributed by atoms with van der Waals surface area (Å²) >= 11 is 1.54. The first kappa shape index (κ1) is 24.5. The molecule has 2 aliphatic rings. The molecule has 0 aromatic heterocycles. The fraction of sp³-hybridized carbons (Fsp3) is 0.650. The summed E-state index contributed by atoms with van der Waals surface area (Å²) < 4.78 is 54.1. The third kappa shape index (κ3) is 5.81. The Morgan fingerprint density at radius 2 is 1.77 bits per heavy atom. The van der Waals surface area contributed by atoms with E-state index in [4.69, 9.17) is 0 Å². The number of nitrogens with one attached hydrogen (secondary N) is 1. The molecule has 8 nitrogen and oxygen atoms in total. The minimum atomic E-state index is -3.62. The van der Waals surface area contributed by atoms with Gasteiger partial charge in [-0.15, -0.1) is 0 Å². The lowest BCUT2D eigenvalue weighted by Gasteiger charge is -2.36. The molecule has 1 saturated heterocycles. The van der Waals surface area contributed by atoms with Crippen LogP contribution in [0.25, 0.3) is 0 Å². The van der Waals surface area contributed by atoms with E-state index in [-0.39, 0.29) is 37.8 Å². The van der Waals surface area contributed by atoms with Crippen LogP contribution in [0.3, 0.4) is 0 Å². The van der Waals surface area contributed by atoms with Gasteiger partial charge in [-0.05, 0) is 67.9 Å². The lowest BCUT2D eigenvalue weighted by molar-refractivity contribution is -0.134. The molecule has 0 spiro atoms. The van der Waals surface area contributed by atoms with E-state index in [9.17, 15) is 21.6 Å². The van der Waals surface area contributed by atoms with Gasteiger partial charge in [-0.3, -0.25) is 4.79 Å². The monoisotopic (exact) mass is 489 g/mol. The van der Waals surface area contributed by atoms with E-state index in [0.717, 1.165) is 24.8 Å². The number of amides is 1. The van der Waals surface area contributed by atoms with Gasteiger partial charge in [0.2, 0.25) is 26.0 Å². The number of benzene rings is 1. The van der Waals surface area contributed by atoms with Crippen LogP contribution in [-0.4, -0.2) is 81.9 Å². The van der Waals surface area contributed by atoms with E-state index in [1.54, 1.807) is 28.8 Å². The fourth-order valence-corrected chi connectivity index (χ4v) is 6.76. The number of fused-ring (bicyclic) bond motifs is 1. The molecule has 174 valence electrons. The number of hydrogen-bond acceptors (Lipinski definition) is 6. The van der Waals surface area contributed by atoms with Crippen LogP contribution in [0, 0.1) is 0 Å². The maximum atomic E-state index is 13.1. The second kappa shape index (κ2) is 10.2. The quantitative estimate of drug-likeness (QED) is 0.557. The van der Waals surface area contributed by atoms with Gasteiger partial charge in [0.15, 0.2) is 0 Å². The number of rotatable bonds is 9. The van der Waals surface area contributed by atoms with Crippen molar-refractivity contribution < 1.29 is 21.6 Å². The minimum Gasteiger partial charge on any atom is -0.339 e. The molecule has 1 amide bonds. The largest absolute Gasteiger partial charge is 0.339 e. The van der Waals surface area contributed by atoms with Crippen molar-refractivity contribution in [1.29, 1.82) is 0 Å². The van der Waals surface area contributed by atoms with Gasteiger partial charge in [0.1, 0.15) is 6.04 Å². The molecule has 1 heterocycles. The maximum Gasteiger partial charge on any atom is 0.243 e. The summed E-state index contributed by atoms with van der Waals surface area (Å²) in [5.74, 6) is 0.263. The number of carbonyl (C=O) groups is 1. The molecule has 31 heavy (non-hydrogen) atoms. The van der Waals surface area contributed by atoms with Crippen LogP contribution < -0.4 is 4.72 Å². The summed E-state index contributed by atoms with van der Waals surface area (Å²) in [6.07, 6.45) is 5.26. The minimum absolute atomic E-state index is 0.0944. The van der Waals surface area contributed by atoms with Gasteiger partial charge in [-0.2, -0.15) is 16.1 Å². The molecule has 0 saturated carbocycles. The highest BCUT2D eigenvalue weighted by Gasteiger charge is 2.34. The Labute approximate surface area is 189 Å². The number of nitrogens with zero attached hydrogens (tertiary/aromatic N) is 2. The topological polar surface area (TPSA) is 104 Å². The van der Waals surface area contributed by atoms with E-state index in [2.05, 4.69) is 4.72 Å². The number of piperazine rings is 1. The second-order valence-corrected chi connectivity index (χ2v) is 12.8. The Morgan fingerprint density at radius 3 is 2.42 bits per heavy atom. The Kier molecular flexibility index (Phi) is 8.06. The first-order chi connectivity index (χ1) is 14.7. The molecule has 1 aliphatic heterocycles. The van der Waals surface area contributed by atoms with Crippen LogP contribution in [0.15, 0.2) is 23.1 Å². The molecule has 1 aromatic carbocycles. The Hall–Kier alpha value is -1.14. The standard InChI is InChI=1S/C20H31N3O5S3/c1-3-30(25,26)21-19(9-14-29-2)20(24)22-10-12-23(13-11-22)31(27,28)18-8-7-16-5-4-6-17(16)15-18/h7-8,15,19,21H,3-6,9-14H2,1-2H3. The summed E-state index contributed by atoms with van der Waals surface area (Å²) in [4.78, 5) is 14.8. The summed E-state index contributed by atoms with van der Waals surface area (Å²) in [7, 11) is -7.14. The van der Waals surface area contributed by atoms with Crippen LogP contribution in [0.5, 0.6) is 0 Å². The number of hydrogen-bond donors (Lipinski definition) is 1. The maximum absolute atomic E-state index is 13.1. The fourth-order valence-electron chi connectivity index (χ4n) is 4.00. The molecular weight excluding hydrogens is 458 g/mol. The van der Waals surface area contributed by atoms with Crippen LogP contribution in [0.1, 0.15) is 30.9 Å². The first-order valence-corrected chi connectivity index (χ1v) is 15.1. The van der Waals surface area contributed by atoms with Crippen molar-refractivity contribution >= 4 is 37.7 Å². The molecule has 0 radical (unpaired) electrons. The van der Waals surface area contributed by atoms with E-state index in [1.165, 1.54) is 16.8 Å². The van der Waals surface area contributed by atoms with Crippen molar-refractivity contribution in [2.45, 2.75) is 43.5 Å². The summed E-state index contributed by atoms with van der Waals surface area (Å²) in [6.45, 7) is 2.40. The zero-order valence-electron chi connectivity index (χ0n) is 18.0. The normalized spacial score (nSPS) is 18.7. The number of thioether (sulfide) groups is 1. The van der Waals surface area contributed by atoms with Gasteiger partial charge in [-0.25, -0.2) is 21.6 Å². The summed E-state index contributed by atoms with van der Waals surface area (Å²) in [5, 5.41) is 0. The van der Waals surface area contributed by atoms with Gasteiger partial charge < -0.3 is 4.90 Å². The van der Waals surface area contributed by atoms with Crippen molar-refractivity contribution in [1.82, 2.24) is 13.9 Å². The molecule has 11 heteroatoms. The predicted octanol–water partition coefficient (Wildman–Crippen LogP) is 1.07. The van der Waals surface area contributed by atoms with Crippen molar-refractivity contribution in [3.63, 3.8) is 0 Å². The Bertz CT molecular complexity index is 1000. The SMILES string of the molecule is CCS(=O)(=O)NC(CCSC)C(=O)N1CCN(S(=O)(=O)c2ccc3c(c2)CCC3)CC1. The van der Waals surface area contributed by atoms with Crippen molar-refractivity contribution in [2.24, 2.45) is 0 Å². The van der Waals surface area contributed by atoms with Crippen LogP contribution in [0.4, 0.5) is 0 Å². The zero-order chi connectivity index (χ0) is 22.6. The molecule has 1 aromatic rings. The summed E-state index contributed by atoms with van der Waals surface area (Å²) in [5.41, 5.74) is 2.33. The van der Waals surface area contributed by atoms with E-state index in [1.807, 2.05) is 12.3 Å². The van der Waals surface area contributed by atoms with Gasteiger partial charge in [0.05, 0.1) is 10.6 Å². The second-order valence-electron chi connectivity index (χ2n) is 7.87. The highest BCUT2D eigenvalue weighted by Crippen LogP contribution is 2.26. The molecule has 1 fully saturated rings. The lowest BCUT2D eigenvalue weighted by Crippen LogP contribution is -2.56. The Balaban J connectivity index is 1.66. The van der Waals surface area contributed by atoms with Crippen LogP contribution >= 0.6 is 11.8 Å². The molecule has 1 N–H and O–H groups in total. The van der Waals surface area contributed by atoms with Crippen molar-refractivity contribution in [3.8, 4) is 0 Å². The van der Waals surface area contributed by atoms with Crippen molar-refractivity contribution in [2.75, 3.05) is 43.9 Å².